The van der Waals surface area contributed by atoms with E-state index in [1.165, 1.54) is 0 Å². The van der Waals surface area contributed by atoms with E-state index in [4.69, 9.17) is 21.8 Å². The maximum absolute atomic E-state index is 7.54. The zero-order chi connectivity index (χ0) is 19.3. The lowest BCUT2D eigenvalue weighted by Crippen LogP contribution is -2.15. The quantitative estimate of drug-likeness (QED) is 0.669. The average Bonchev–Trinajstić information content (AvgIpc) is 3.10. The molecule has 6 heteroatoms. The maximum Gasteiger partial charge on any atom is 0.280 e. The topological polar surface area (TPSA) is 66.7 Å². The Kier molecular flexibility index (Phi) is 5.27. The van der Waals surface area contributed by atoms with Crippen LogP contribution in [0.4, 0.5) is 11.5 Å². The maximum atomic E-state index is 7.54. The van der Waals surface area contributed by atoms with Gasteiger partial charge >= 0.3 is 0 Å². The molecule has 0 radical (unpaired) electrons. The highest BCUT2D eigenvalue weighted by atomic mass is 16.5. The Balaban J connectivity index is 1.54. The second-order valence-corrected chi connectivity index (χ2v) is 6.80. The smallest absolute Gasteiger partial charge is 0.280 e. The molecule has 0 aliphatic carbocycles. The number of benzene rings is 2. The Hall–Kier alpha value is -3.30. The van der Waals surface area contributed by atoms with Crippen LogP contribution in [0.15, 0.2) is 54.6 Å². The lowest BCUT2D eigenvalue weighted by molar-refractivity contribution is 0.0845. The minimum absolute atomic E-state index is 0.240. The second-order valence-electron chi connectivity index (χ2n) is 6.80. The van der Waals surface area contributed by atoms with Crippen molar-refractivity contribution in [1.29, 1.82) is 0 Å². The van der Waals surface area contributed by atoms with Gasteiger partial charge in [0.15, 0.2) is 0 Å². The Bertz CT molecular complexity index is 968. The van der Waals surface area contributed by atoms with Gasteiger partial charge in [0, 0.05) is 19.1 Å². The minimum atomic E-state index is 0.240. The molecule has 1 saturated heterocycles. The van der Waals surface area contributed by atoms with Crippen molar-refractivity contribution in [3.63, 3.8) is 0 Å². The first-order valence-electron chi connectivity index (χ1n) is 9.37. The van der Waals surface area contributed by atoms with Gasteiger partial charge in [0.1, 0.15) is 18.0 Å². The van der Waals surface area contributed by atoms with E-state index in [-0.39, 0.29) is 5.92 Å². The van der Waals surface area contributed by atoms with Gasteiger partial charge in [-0.25, -0.2) is 0 Å². The van der Waals surface area contributed by atoms with Crippen molar-refractivity contribution in [2.45, 2.75) is 25.4 Å². The number of aromatic nitrogens is 2. The first kappa shape index (κ1) is 18.1. The highest BCUT2D eigenvalue weighted by molar-refractivity contribution is 5.69. The van der Waals surface area contributed by atoms with Crippen molar-refractivity contribution in [3.8, 4) is 11.4 Å². The van der Waals surface area contributed by atoms with Crippen molar-refractivity contribution in [3.05, 3.63) is 77.3 Å². The standard InChI is InChI=1S/C22H22N4O2/c1-24-22-20(23)21(17-11-13-27-14-12-17)25-26(22)18-7-9-19(10-8-18)28-15-16-5-3-2-4-6-16/h2-10,17H,11-15,23H2. The fourth-order valence-electron chi connectivity index (χ4n) is 3.42. The molecule has 0 saturated carbocycles. The predicted molar refractivity (Wildman–Crippen MR) is 108 cm³/mol. The van der Waals surface area contributed by atoms with Crippen LogP contribution in [0.1, 0.15) is 30.0 Å². The average molecular weight is 374 g/mol. The molecule has 0 unspecified atom stereocenters. The largest absolute Gasteiger partial charge is 0.489 e. The second kappa shape index (κ2) is 8.15. The van der Waals surface area contributed by atoms with Crippen molar-refractivity contribution in [2.24, 2.45) is 0 Å². The van der Waals surface area contributed by atoms with E-state index in [0.29, 0.717) is 31.3 Å². The Morgan fingerprint density at radius 1 is 1.11 bits per heavy atom. The first-order valence-corrected chi connectivity index (χ1v) is 9.37. The molecule has 2 aromatic carbocycles. The SMILES string of the molecule is [C-]#[N+]c1c(N)c(C2CCOCC2)nn1-c1ccc(OCc2ccccc2)cc1. The van der Waals surface area contributed by atoms with Crippen LogP contribution in [0.25, 0.3) is 10.5 Å². The van der Waals surface area contributed by atoms with E-state index in [0.717, 1.165) is 35.5 Å². The molecule has 1 aliphatic rings. The van der Waals surface area contributed by atoms with E-state index < -0.39 is 0 Å². The van der Waals surface area contributed by atoms with Gasteiger partial charge in [-0.15, -0.1) is 0 Å². The summed E-state index contributed by atoms with van der Waals surface area (Å²) in [5.74, 6) is 1.37. The molecule has 0 bridgehead atoms. The molecule has 1 fully saturated rings. The van der Waals surface area contributed by atoms with E-state index in [1.54, 1.807) is 4.68 Å². The molecular formula is C22H22N4O2. The van der Waals surface area contributed by atoms with Gasteiger partial charge in [-0.2, -0.15) is 4.68 Å². The molecule has 2 heterocycles. The fourth-order valence-corrected chi connectivity index (χ4v) is 3.42. The summed E-state index contributed by atoms with van der Waals surface area (Å²) in [6.45, 7) is 9.46. The van der Waals surface area contributed by atoms with Gasteiger partial charge in [0.2, 0.25) is 0 Å². The number of rotatable bonds is 5. The monoisotopic (exact) mass is 374 g/mol. The summed E-state index contributed by atoms with van der Waals surface area (Å²) in [7, 11) is 0. The number of hydrogen-bond donors (Lipinski definition) is 1. The van der Waals surface area contributed by atoms with Crippen molar-refractivity contribution in [2.75, 3.05) is 18.9 Å². The number of nitrogen functional groups attached to an aromatic ring is 1. The summed E-state index contributed by atoms with van der Waals surface area (Å²) in [6.07, 6.45) is 1.76. The number of nitrogens with two attached hydrogens (primary N) is 1. The molecule has 1 aliphatic heterocycles. The highest BCUT2D eigenvalue weighted by Gasteiger charge is 2.26. The zero-order valence-electron chi connectivity index (χ0n) is 15.5. The van der Waals surface area contributed by atoms with E-state index in [9.17, 15) is 0 Å². The van der Waals surface area contributed by atoms with Gasteiger partial charge < -0.3 is 20.1 Å². The Morgan fingerprint density at radius 2 is 1.82 bits per heavy atom. The lowest BCUT2D eigenvalue weighted by Gasteiger charge is -2.20. The van der Waals surface area contributed by atoms with Gasteiger partial charge in [-0.1, -0.05) is 42.0 Å². The third-order valence-electron chi connectivity index (χ3n) is 4.97. The molecule has 6 nitrogen and oxygen atoms in total. The lowest BCUT2D eigenvalue weighted by atomic mass is 9.96. The van der Waals surface area contributed by atoms with Crippen LogP contribution >= 0.6 is 0 Å². The van der Waals surface area contributed by atoms with Gasteiger partial charge in [0.25, 0.3) is 5.82 Å². The minimum Gasteiger partial charge on any atom is -0.489 e. The highest BCUT2D eigenvalue weighted by Crippen LogP contribution is 2.37. The normalized spacial score (nSPS) is 14.5. The Labute approximate surface area is 164 Å². The molecule has 0 spiro atoms. The molecule has 142 valence electrons. The van der Waals surface area contributed by atoms with Gasteiger partial charge in [-0.05, 0) is 42.7 Å². The number of hydrogen-bond acceptors (Lipinski definition) is 4. The van der Waals surface area contributed by atoms with Crippen molar-refractivity contribution < 1.29 is 9.47 Å². The number of nitrogens with zero attached hydrogens (tertiary/aromatic N) is 3. The van der Waals surface area contributed by atoms with Gasteiger partial charge in [-0.3, -0.25) is 0 Å². The summed E-state index contributed by atoms with van der Waals surface area (Å²) >= 11 is 0. The summed E-state index contributed by atoms with van der Waals surface area (Å²) in [5.41, 5.74) is 9.45. The number of anilines is 1. The summed E-state index contributed by atoms with van der Waals surface area (Å²) in [6, 6.07) is 17.6. The molecule has 3 aromatic rings. The molecule has 28 heavy (non-hydrogen) atoms. The van der Waals surface area contributed by atoms with Crippen LogP contribution < -0.4 is 10.5 Å². The molecular weight excluding hydrogens is 352 g/mol. The van der Waals surface area contributed by atoms with Crippen molar-refractivity contribution in [1.82, 2.24) is 9.78 Å². The summed E-state index contributed by atoms with van der Waals surface area (Å²) in [4.78, 5) is 3.62. The summed E-state index contributed by atoms with van der Waals surface area (Å²) < 4.78 is 12.9. The van der Waals surface area contributed by atoms with Crippen LogP contribution in [0.2, 0.25) is 0 Å². The van der Waals surface area contributed by atoms with Crippen LogP contribution in [-0.2, 0) is 11.3 Å². The van der Waals surface area contributed by atoms with Crippen LogP contribution in [-0.4, -0.2) is 23.0 Å². The molecule has 2 N–H and O–H groups in total. The first-order chi connectivity index (χ1) is 13.8. The van der Waals surface area contributed by atoms with Crippen LogP contribution in [0.3, 0.4) is 0 Å². The van der Waals surface area contributed by atoms with E-state index in [1.807, 2.05) is 54.6 Å². The molecule has 0 amide bonds. The number of ether oxygens (including phenoxy) is 2. The predicted octanol–water partition coefficient (Wildman–Crippen LogP) is 4.48. The molecule has 4 rings (SSSR count). The third-order valence-corrected chi connectivity index (χ3v) is 4.97. The fraction of sp³-hybridized carbons (Fsp3) is 0.273. The Morgan fingerprint density at radius 3 is 2.50 bits per heavy atom. The third kappa shape index (κ3) is 3.71. The van der Waals surface area contributed by atoms with E-state index in [2.05, 4.69) is 9.94 Å². The van der Waals surface area contributed by atoms with Gasteiger partial charge in [0.05, 0.1) is 11.4 Å². The zero-order valence-corrected chi connectivity index (χ0v) is 15.5. The van der Waals surface area contributed by atoms with E-state index >= 15 is 0 Å². The van der Waals surface area contributed by atoms with Crippen LogP contribution in [0.5, 0.6) is 5.75 Å². The van der Waals surface area contributed by atoms with Crippen LogP contribution in [0, 0.1) is 6.57 Å². The molecule has 1 aromatic heterocycles. The summed E-state index contributed by atoms with van der Waals surface area (Å²) in [5, 5.41) is 4.68. The van der Waals surface area contributed by atoms with Crippen molar-refractivity contribution >= 4 is 11.5 Å². The molecule has 0 atom stereocenters.